The normalized spacial score (nSPS) is 17.8. The maximum absolute atomic E-state index is 3.98. The van der Waals surface area contributed by atoms with Crippen LogP contribution in [0.15, 0.2) is 48.5 Å². The van der Waals surface area contributed by atoms with E-state index in [1.54, 1.807) is 0 Å². The minimum Gasteiger partial charge on any atom is -0.0877 e. The van der Waals surface area contributed by atoms with E-state index in [2.05, 4.69) is 78.3 Å². The van der Waals surface area contributed by atoms with Crippen LogP contribution in [0.5, 0.6) is 0 Å². The first kappa shape index (κ1) is 13.9. The van der Waals surface area contributed by atoms with Crippen LogP contribution in [0.3, 0.4) is 0 Å². The lowest BCUT2D eigenvalue weighted by molar-refractivity contribution is 0.647. The van der Waals surface area contributed by atoms with Gasteiger partial charge in [0.2, 0.25) is 0 Å². The molecule has 1 fully saturated rings. The van der Waals surface area contributed by atoms with E-state index in [0.717, 1.165) is 6.42 Å². The maximum atomic E-state index is 3.98. The summed E-state index contributed by atoms with van der Waals surface area (Å²) in [5, 5.41) is 0. The van der Waals surface area contributed by atoms with Gasteiger partial charge in [0.05, 0.1) is 0 Å². The lowest BCUT2D eigenvalue weighted by atomic mass is 9.89. The van der Waals surface area contributed by atoms with Crippen LogP contribution in [0.2, 0.25) is 0 Å². The fraction of sp³-hybridized carbons (Fsp3) is 0.368. The minimum atomic E-state index is 0.361. The molecule has 0 amide bonds. The first-order valence-corrected chi connectivity index (χ1v) is 8.29. The largest absolute Gasteiger partial charge is 0.0877 e. The summed E-state index contributed by atoms with van der Waals surface area (Å²) >= 11 is 3.98. The smallest absolute Gasteiger partial charge is 0.0283 e. The molecule has 1 aliphatic rings. The molecule has 0 N–H and O–H groups in total. The molecule has 1 heteroatoms. The summed E-state index contributed by atoms with van der Waals surface area (Å²) in [5.41, 5.74) is 6.07. The molecule has 0 nitrogen and oxygen atoms in total. The first-order chi connectivity index (χ1) is 9.62. The molecular formula is C19H21Br. The molecule has 0 spiro atoms. The quantitative estimate of drug-likeness (QED) is 0.664. The molecule has 3 rings (SSSR count). The van der Waals surface area contributed by atoms with Crippen molar-refractivity contribution >= 4 is 15.9 Å². The van der Waals surface area contributed by atoms with Gasteiger partial charge < -0.3 is 0 Å². The van der Waals surface area contributed by atoms with Crippen LogP contribution in [0.25, 0.3) is 0 Å². The van der Waals surface area contributed by atoms with Gasteiger partial charge in [0.1, 0.15) is 0 Å². The highest BCUT2D eigenvalue weighted by Crippen LogP contribution is 2.54. The third-order valence-corrected chi connectivity index (χ3v) is 5.92. The van der Waals surface area contributed by atoms with Gasteiger partial charge in [0, 0.05) is 10.2 Å². The van der Waals surface area contributed by atoms with Gasteiger partial charge in [-0.3, -0.25) is 0 Å². The maximum Gasteiger partial charge on any atom is 0.0283 e. The SMILES string of the molecule is Cc1ccc(CC(Br)C2(c3ccccc3)CC2)cc1C. The van der Waals surface area contributed by atoms with Gasteiger partial charge in [-0.05, 0) is 55.4 Å². The summed E-state index contributed by atoms with van der Waals surface area (Å²) in [5.74, 6) is 0. The molecular weight excluding hydrogens is 308 g/mol. The van der Waals surface area contributed by atoms with Crippen molar-refractivity contribution in [1.82, 2.24) is 0 Å². The number of aryl methyl sites for hydroxylation is 2. The van der Waals surface area contributed by atoms with Crippen molar-refractivity contribution in [2.45, 2.75) is 43.4 Å². The van der Waals surface area contributed by atoms with Crippen molar-refractivity contribution < 1.29 is 0 Å². The Morgan fingerprint density at radius 1 is 1.00 bits per heavy atom. The Morgan fingerprint density at radius 3 is 2.30 bits per heavy atom. The molecule has 2 aromatic rings. The van der Waals surface area contributed by atoms with E-state index in [4.69, 9.17) is 0 Å². The number of hydrogen-bond acceptors (Lipinski definition) is 0. The monoisotopic (exact) mass is 328 g/mol. The Bertz CT molecular complexity index is 596. The van der Waals surface area contributed by atoms with E-state index in [1.807, 2.05) is 0 Å². The number of hydrogen-bond donors (Lipinski definition) is 0. The number of rotatable bonds is 4. The molecule has 0 radical (unpaired) electrons. The second-order valence-corrected chi connectivity index (χ2v) is 7.22. The zero-order chi connectivity index (χ0) is 14.2. The molecule has 1 atom stereocenters. The third-order valence-electron chi connectivity index (χ3n) is 4.72. The van der Waals surface area contributed by atoms with Crippen LogP contribution >= 0.6 is 15.9 Å². The zero-order valence-corrected chi connectivity index (χ0v) is 13.8. The molecule has 1 aliphatic carbocycles. The van der Waals surface area contributed by atoms with Gasteiger partial charge in [-0.2, -0.15) is 0 Å². The van der Waals surface area contributed by atoms with Crippen LogP contribution in [0.1, 0.15) is 35.1 Å². The van der Waals surface area contributed by atoms with Crippen LogP contribution in [-0.4, -0.2) is 4.83 Å². The zero-order valence-electron chi connectivity index (χ0n) is 12.2. The summed E-state index contributed by atoms with van der Waals surface area (Å²) in [6.07, 6.45) is 3.71. The van der Waals surface area contributed by atoms with Gasteiger partial charge in [-0.15, -0.1) is 0 Å². The summed E-state index contributed by atoms with van der Waals surface area (Å²) < 4.78 is 0. The molecule has 20 heavy (non-hydrogen) atoms. The topological polar surface area (TPSA) is 0 Å². The molecule has 104 valence electrons. The molecule has 0 heterocycles. The van der Waals surface area contributed by atoms with Crippen LogP contribution in [0.4, 0.5) is 0 Å². The molecule has 0 saturated heterocycles. The predicted octanol–water partition coefficient (Wildman–Crippen LogP) is 5.34. The van der Waals surface area contributed by atoms with Gasteiger partial charge in [0.25, 0.3) is 0 Å². The lowest BCUT2D eigenvalue weighted by Gasteiger charge is -2.23. The third kappa shape index (κ3) is 2.56. The Morgan fingerprint density at radius 2 is 1.70 bits per heavy atom. The highest BCUT2D eigenvalue weighted by Gasteiger charge is 2.49. The van der Waals surface area contributed by atoms with Gasteiger partial charge in [0.15, 0.2) is 0 Å². The number of benzene rings is 2. The van der Waals surface area contributed by atoms with Gasteiger partial charge in [-0.25, -0.2) is 0 Å². The highest BCUT2D eigenvalue weighted by atomic mass is 79.9. The Labute approximate surface area is 130 Å². The highest BCUT2D eigenvalue weighted by molar-refractivity contribution is 9.09. The van der Waals surface area contributed by atoms with E-state index in [9.17, 15) is 0 Å². The van der Waals surface area contributed by atoms with E-state index < -0.39 is 0 Å². The van der Waals surface area contributed by atoms with Crippen molar-refractivity contribution in [3.05, 3.63) is 70.8 Å². The summed E-state index contributed by atoms with van der Waals surface area (Å²) in [6, 6.07) is 17.8. The Hall–Kier alpha value is -1.08. The van der Waals surface area contributed by atoms with Crippen molar-refractivity contribution in [1.29, 1.82) is 0 Å². The van der Waals surface area contributed by atoms with Crippen molar-refractivity contribution in [3.8, 4) is 0 Å². The Balaban J connectivity index is 1.79. The van der Waals surface area contributed by atoms with E-state index in [1.165, 1.54) is 35.1 Å². The van der Waals surface area contributed by atoms with Crippen molar-refractivity contribution in [3.63, 3.8) is 0 Å². The average molecular weight is 329 g/mol. The van der Waals surface area contributed by atoms with Crippen LogP contribution in [-0.2, 0) is 11.8 Å². The van der Waals surface area contributed by atoms with Crippen molar-refractivity contribution in [2.75, 3.05) is 0 Å². The Kier molecular flexibility index (Phi) is 3.72. The molecule has 1 saturated carbocycles. The van der Waals surface area contributed by atoms with E-state index in [-0.39, 0.29) is 0 Å². The molecule has 0 aromatic heterocycles. The minimum absolute atomic E-state index is 0.361. The summed E-state index contributed by atoms with van der Waals surface area (Å²) in [4.78, 5) is 0.527. The fourth-order valence-corrected chi connectivity index (χ4v) is 4.12. The van der Waals surface area contributed by atoms with E-state index in [0.29, 0.717) is 10.2 Å². The number of alkyl halides is 1. The van der Waals surface area contributed by atoms with Gasteiger partial charge in [-0.1, -0.05) is 64.5 Å². The van der Waals surface area contributed by atoms with Crippen molar-refractivity contribution in [2.24, 2.45) is 0 Å². The number of halogens is 1. The standard InChI is InChI=1S/C19H21Br/c1-14-8-9-16(12-15(14)2)13-18(20)19(10-11-19)17-6-4-3-5-7-17/h3-9,12,18H,10-11,13H2,1-2H3. The van der Waals surface area contributed by atoms with Gasteiger partial charge >= 0.3 is 0 Å². The average Bonchev–Trinajstić information content (AvgIpc) is 3.26. The molecule has 1 unspecified atom stereocenters. The summed E-state index contributed by atoms with van der Waals surface area (Å²) in [6.45, 7) is 4.38. The van der Waals surface area contributed by atoms with Crippen LogP contribution < -0.4 is 0 Å². The second kappa shape index (κ2) is 5.37. The second-order valence-electron chi connectivity index (χ2n) is 6.11. The fourth-order valence-electron chi connectivity index (χ4n) is 3.02. The molecule has 0 bridgehead atoms. The first-order valence-electron chi connectivity index (χ1n) is 7.37. The van der Waals surface area contributed by atoms with E-state index >= 15 is 0 Å². The van der Waals surface area contributed by atoms with Crippen LogP contribution in [0, 0.1) is 13.8 Å². The summed E-state index contributed by atoms with van der Waals surface area (Å²) in [7, 11) is 0. The predicted molar refractivity (Wildman–Crippen MR) is 89.7 cm³/mol. The molecule has 0 aliphatic heterocycles. The molecule has 2 aromatic carbocycles. The lowest BCUT2D eigenvalue weighted by Crippen LogP contribution is -2.22.